The van der Waals surface area contributed by atoms with Gasteiger partial charge in [-0.2, -0.15) is 0 Å². The van der Waals surface area contributed by atoms with Crippen LogP contribution in [0.25, 0.3) is 0 Å². The molecule has 0 aromatic carbocycles. The first-order chi connectivity index (χ1) is 14.1. The van der Waals surface area contributed by atoms with Crippen molar-refractivity contribution in [3.05, 3.63) is 35.5 Å². The number of aliphatic hydroxyl groups excluding tert-OH is 2. The van der Waals surface area contributed by atoms with Gasteiger partial charge in [-0.3, -0.25) is 0 Å². The van der Waals surface area contributed by atoms with Crippen LogP contribution in [0.5, 0.6) is 0 Å². The van der Waals surface area contributed by atoms with E-state index in [0.29, 0.717) is 17.8 Å². The Balaban J connectivity index is 1.72. The van der Waals surface area contributed by atoms with Gasteiger partial charge < -0.3 is 15.3 Å². The molecule has 0 bridgehead atoms. The van der Waals surface area contributed by atoms with Gasteiger partial charge in [0.2, 0.25) is 0 Å². The van der Waals surface area contributed by atoms with Crippen molar-refractivity contribution in [3.63, 3.8) is 0 Å². The summed E-state index contributed by atoms with van der Waals surface area (Å²) in [6.07, 6.45) is 15.7. The highest BCUT2D eigenvalue weighted by Gasteiger charge is 2.51. The second kappa shape index (κ2) is 9.71. The molecule has 170 valence electrons. The summed E-state index contributed by atoms with van der Waals surface area (Å²) in [5, 5.41) is 30.3. The molecule has 3 rings (SSSR count). The van der Waals surface area contributed by atoms with E-state index in [1.54, 1.807) is 5.57 Å². The molecule has 3 saturated carbocycles. The van der Waals surface area contributed by atoms with Crippen molar-refractivity contribution in [2.24, 2.45) is 23.2 Å². The maximum absolute atomic E-state index is 10.2. The molecule has 0 radical (unpaired) electrons. The molecular formula is C27H44O3. The predicted octanol–water partition coefficient (Wildman–Crippen LogP) is 5.71. The molecule has 5 atom stereocenters. The fourth-order valence-corrected chi connectivity index (χ4v) is 6.67. The normalized spacial score (nSPS) is 36.3. The van der Waals surface area contributed by atoms with Crippen molar-refractivity contribution in [1.82, 2.24) is 0 Å². The van der Waals surface area contributed by atoms with Gasteiger partial charge in [0.05, 0.1) is 11.7 Å². The first-order valence-electron chi connectivity index (χ1n) is 12.2. The fourth-order valence-electron chi connectivity index (χ4n) is 6.67. The molecule has 3 heteroatoms. The maximum atomic E-state index is 10.2. The minimum atomic E-state index is -0.618. The number of hydrogen-bond acceptors (Lipinski definition) is 3. The van der Waals surface area contributed by atoms with E-state index < -0.39 is 5.60 Å². The third kappa shape index (κ3) is 5.47. The maximum Gasteiger partial charge on any atom is 0.0591 e. The van der Waals surface area contributed by atoms with Gasteiger partial charge in [-0.15, -0.1) is 0 Å². The van der Waals surface area contributed by atoms with Gasteiger partial charge >= 0.3 is 0 Å². The summed E-state index contributed by atoms with van der Waals surface area (Å²) in [4.78, 5) is 0. The van der Waals surface area contributed by atoms with E-state index >= 15 is 0 Å². The Hall–Kier alpha value is -0.900. The molecule has 3 fully saturated rings. The molecule has 0 amide bonds. The third-order valence-electron chi connectivity index (χ3n) is 8.39. The lowest BCUT2D eigenvalue weighted by atomic mass is 9.60. The summed E-state index contributed by atoms with van der Waals surface area (Å²) in [5.41, 5.74) is 3.64. The van der Waals surface area contributed by atoms with E-state index in [1.165, 1.54) is 43.3 Å². The van der Waals surface area contributed by atoms with Crippen LogP contribution in [0.4, 0.5) is 0 Å². The van der Waals surface area contributed by atoms with Crippen LogP contribution in [0.1, 0.15) is 91.4 Å². The Kier molecular flexibility index (Phi) is 7.69. The van der Waals surface area contributed by atoms with Gasteiger partial charge in [-0.25, -0.2) is 0 Å². The molecule has 30 heavy (non-hydrogen) atoms. The summed E-state index contributed by atoms with van der Waals surface area (Å²) < 4.78 is 0. The summed E-state index contributed by atoms with van der Waals surface area (Å²) in [6, 6.07) is 0. The summed E-state index contributed by atoms with van der Waals surface area (Å²) in [5.74, 6) is 1.52. The second-order valence-electron chi connectivity index (χ2n) is 11.2. The molecular weight excluding hydrogens is 372 g/mol. The van der Waals surface area contributed by atoms with Gasteiger partial charge in [0.1, 0.15) is 0 Å². The van der Waals surface area contributed by atoms with Crippen molar-refractivity contribution >= 4 is 0 Å². The van der Waals surface area contributed by atoms with Crippen LogP contribution in [-0.4, -0.2) is 33.6 Å². The lowest BCUT2D eigenvalue weighted by molar-refractivity contribution is 0.0418. The van der Waals surface area contributed by atoms with Crippen LogP contribution >= 0.6 is 0 Å². The Morgan fingerprint density at radius 1 is 1.20 bits per heavy atom. The molecule has 0 aliphatic heterocycles. The highest BCUT2D eigenvalue weighted by Crippen LogP contribution is 2.60. The Morgan fingerprint density at radius 2 is 1.97 bits per heavy atom. The van der Waals surface area contributed by atoms with Gasteiger partial charge in [0.25, 0.3) is 0 Å². The highest BCUT2D eigenvalue weighted by molar-refractivity contribution is 5.36. The largest absolute Gasteiger partial charge is 0.396 e. The molecule has 3 nitrogen and oxygen atoms in total. The molecule has 0 spiro atoms. The van der Waals surface area contributed by atoms with Gasteiger partial charge in [-0.1, -0.05) is 43.2 Å². The van der Waals surface area contributed by atoms with E-state index in [4.69, 9.17) is 0 Å². The number of allylic oxidation sites excluding steroid dienone is 4. The average Bonchev–Trinajstić information content (AvgIpc) is 3.02. The van der Waals surface area contributed by atoms with Gasteiger partial charge in [0, 0.05) is 6.61 Å². The van der Waals surface area contributed by atoms with Crippen LogP contribution in [0.15, 0.2) is 35.5 Å². The monoisotopic (exact) mass is 416 g/mol. The van der Waals surface area contributed by atoms with Crippen LogP contribution in [0.2, 0.25) is 0 Å². The Labute approximate surface area is 184 Å². The third-order valence-corrected chi connectivity index (χ3v) is 8.39. The Morgan fingerprint density at radius 3 is 2.67 bits per heavy atom. The van der Waals surface area contributed by atoms with E-state index in [-0.39, 0.29) is 18.1 Å². The minimum absolute atomic E-state index is 0.221. The predicted molar refractivity (Wildman–Crippen MR) is 124 cm³/mol. The Bertz CT molecular complexity index is 668. The van der Waals surface area contributed by atoms with Gasteiger partial charge in [0.15, 0.2) is 0 Å². The minimum Gasteiger partial charge on any atom is -0.396 e. The zero-order chi connectivity index (χ0) is 21.9. The number of aliphatic hydroxyl groups is 3. The molecule has 5 unspecified atom stereocenters. The van der Waals surface area contributed by atoms with E-state index in [1.807, 2.05) is 13.8 Å². The van der Waals surface area contributed by atoms with Crippen molar-refractivity contribution in [3.8, 4) is 0 Å². The van der Waals surface area contributed by atoms with Crippen molar-refractivity contribution in [2.75, 3.05) is 6.61 Å². The molecule has 0 aromatic rings. The van der Waals surface area contributed by atoms with Gasteiger partial charge in [-0.05, 0) is 107 Å². The number of hydrogen-bond donors (Lipinski definition) is 3. The number of rotatable bonds is 7. The van der Waals surface area contributed by atoms with E-state index in [9.17, 15) is 15.3 Å². The first kappa shape index (κ1) is 23.8. The zero-order valence-corrected chi connectivity index (χ0v) is 19.5. The highest BCUT2D eigenvalue weighted by atomic mass is 16.3. The van der Waals surface area contributed by atoms with E-state index in [0.717, 1.165) is 38.5 Å². The summed E-state index contributed by atoms with van der Waals surface area (Å²) in [7, 11) is 0. The van der Waals surface area contributed by atoms with Crippen LogP contribution in [0.3, 0.4) is 0 Å². The SMILES string of the molecule is C=C1CCC(O)CC1=CC=C1CCCC2(C)C1CCC2C(CO)CCCC(C)(C)O. The quantitative estimate of drug-likeness (QED) is 0.498. The molecule has 3 aliphatic carbocycles. The number of fused-ring (bicyclic) bond motifs is 1. The molecule has 3 aliphatic rings. The molecule has 0 saturated heterocycles. The van der Waals surface area contributed by atoms with Crippen LogP contribution in [-0.2, 0) is 0 Å². The van der Waals surface area contributed by atoms with E-state index in [2.05, 4.69) is 25.7 Å². The zero-order valence-electron chi connectivity index (χ0n) is 19.5. The lowest BCUT2D eigenvalue weighted by Crippen LogP contribution is -2.37. The lowest BCUT2D eigenvalue weighted by Gasteiger charge is -2.45. The second-order valence-corrected chi connectivity index (χ2v) is 11.2. The van der Waals surface area contributed by atoms with Crippen LogP contribution in [0, 0.1) is 23.2 Å². The molecule has 3 N–H and O–H groups in total. The average molecular weight is 417 g/mol. The fraction of sp³-hybridized carbons (Fsp3) is 0.778. The smallest absolute Gasteiger partial charge is 0.0591 e. The van der Waals surface area contributed by atoms with Crippen LogP contribution < -0.4 is 0 Å². The van der Waals surface area contributed by atoms with Crippen molar-refractivity contribution < 1.29 is 15.3 Å². The first-order valence-corrected chi connectivity index (χ1v) is 12.2. The van der Waals surface area contributed by atoms with Crippen molar-refractivity contribution in [1.29, 1.82) is 0 Å². The molecule has 0 heterocycles. The molecule has 0 aromatic heterocycles. The topological polar surface area (TPSA) is 60.7 Å². The van der Waals surface area contributed by atoms with Crippen molar-refractivity contribution in [2.45, 2.75) is 103 Å². The summed E-state index contributed by atoms with van der Waals surface area (Å²) >= 11 is 0. The standard InChI is InChI=1S/C27H44O3/c1-19-9-12-23(29)17-21(19)11-10-20-7-6-16-27(4)24(20)13-14-25(27)22(18-28)8-5-15-26(2,3)30/h10-11,22-25,28-30H,1,5-9,12-18H2,2-4H3. The summed E-state index contributed by atoms with van der Waals surface area (Å²) in [6.45, 7) is 10.7.